The van der Waals surface area contributed by atoms with E-state index in [-0.39, 0.29) is 0 Å². The molecule has 0 aromatic heterocycles. The first-order valence-corrected chi connectivity index (χ1v) is 4.37. The molecular weight excluding hydrogens is 132 g/mol. The molecule has 0 fully saturated rings. The van der Waals surface area contributed by atoms with Gasteiger partial charge in [-0.15, -0.1) is 0 Å². The molecule has 0 heterocycles. The monoisotopic (exact) mass is 147 g/mol. The van der Waals surface area contributed by atoms with Crippen LogP contribution >= 0.6 is 0 Å². The zero-order valence-electron chi connectivity index (χ0n) is 7.35. The summed E-state index contributed by atoms with van der Waals surface area (Å²) in [7, 11) is 0. The Balaban J connectivity index is 2.83. The normalized spacial score (nSPS) is 10.0. The van der Waals surface area contributed by atoms with Crippen molar-refractivity contribution in [1.29, 1.82) is 0 Å². The molecule has 0 bridgehead atoms. The van der Waals surface area contributed by atoms with Crippen LogP contribution in [0.2, 0.25) is 0 Å². The third-order valence-electron chi connectivity index (χ3n) is 1.91. The molecular formula is C11H15. The minimum Gasteiger partial charge on any atom is -0.0651 e. The summed E-state index contributed by atoms with van der Waals surface area (Å²) in [4.78, 5) is 0. The van der Waals surface area contributed by atoms with Crippen molar-refractivity contribution in [3.8, 4) is 0 Å². The van der Waals surface area contributed by atoms with Gasteiger partial charge in [0.15, 0.2) is 0 Å². The number of hydrogen-bond acceptors (Lipinski definition) is 0. The Hall–Kier alpha value is -0.780. The minimum absolute atomic E-state index is 1.11. The van der Waals surface area contributed by atoms with Crippen molar-refractivity contribution in [3.63, 3.8) is 0 Å². The molecule has 0 heteroatoms. The second-order valence-electron chi connectivity index (χ2n) is 2.78. The summed E-state index contributed by atoms with van der Waals surface area (Å²) in [6, 6.07) is 9.55. The van der Waals surface area contributed by atoms with Gasteiger partial charge < -0.3 is 0 Å². The molecule has 1 rings (SSSR count). The average Bonchev–Trinajstić information content (AvgIpc) is 2.06. The van der Waals surface area contributed by atoms with Gasteiger partial charge in [0.2, 0.25) is 0 Å². The molecule has 59 valence electrons. The van der Waals surface area contributed by atoms with Gasteiger partial charge >= 0.3 is 0 Å². The van der Waals surface area contributed by atoms with Gasteiger partial charge in [-0.2, -0.15) is 0 Å². The Labute approximate surface area is 69.3 Å². The lowest BCUT2D eigenvalue weighted by molar-refractivity contribution is 0.898. The predicted octanol–water partition coefficient (Wildman–Crippen LogP) is 3.00. The molecule has 11 heavy (non-hydrogen) atoms. The molecule has 0 spiro atoms. The summed E-state index contributed by atoms with van der Waals surface area (Å²) in [5.41, 5.74) is 2.85. The van der Waals surface area contributed by atoms with Crippen LogP contribution in [0, 0.1) is 6.07 Å². The van der Waals surface area contributed by atoms with Gasteiger partial charge in [-0.25, -0.2) is 0 Å². The van der Waals surface area contributed by atoms with Gasteiger partial charge in [0, 0.05) is 0 Å². The fourth-order valence-corrected chi connectivity index (χ4v) is 1.34. The van der Waals surface area contributed by atoms with Gasteiger partial charge in [-0.1, -0.05) is 38.5 Å². The van der Waals surface area contributed by atoms with E-state index in [1.807, 2.05) is 6.07 Å². The third-order valence-corrected chi connectivity index (χ3v) is 1.91. The zero-order chi connectivity index (χ0) is 8.10. The van der Waals surface area contributed by atoms with E-state index in [4.69, 9.17) is 0 Å². The van der Waals surface area contributed by atoms with Crippen LogP contribution in [-0.2, 0) is 12.8 Å². The average molecular weight is 147 g/mol. The second kappa shape index (κ2) is 4.17. The Kier molecular flexibility index (Phi) is 3.15. The fourth-order valence-electron chi connectivity index (χ4n) is 1.34. The van der Waals surface area contributed by atoms with Crippen molar-refractivity contribution < 1.29 is 0 Å². The summed E-state index contributed by atoms with van der Waals surface area (Å²) in [6.07, 6.45) is 3.53. The van der Waals surface area contributed by atoms with Gasteiger partial charge in [-0.05, 0) is 30.0 Å². The second-order valence-corrected chi connectivity index (χ2v) is 2.78. The number of aryl methyl sites for hydroxylation is 2. The lowest BCUT2D eigenvalue weighted by Crippen LogP contribution is -1.90. The molecule has 1 aromatic carbocycles. The first-order chi connectivity index (χ1) is 5.38. The van der Waals surface area contributed by atoms with Crippen LogP contribution in [0.3, 0.4) is 0 Å². The van der Waals surface area contributed by atoms with Gasteiger partial charge in [0.1, 0.15) is 0 Å². The molecule has 0 saturated heterocycles. The molecule has 0 nitrogen and oxygen atoms in total. The highest BCUT2D eigenvalue weighted by molar-refractivity contribution is 5.25. The lowest BCUT2D eigenvalue weighted by atomic mass is 10.0. The van der Waals surface area contributed by atoms with Gasteiger partial charge in [0.05, 0.1) is 0 Å². The molecule has 0 aliphatic heterocycles. The lowest BCUT2D eigenvalue weighted by Gasteiger charge is -2.03. The molecule has 0 amide bonds. The molecule has 0 aliphatic carbocycles. The predicted molar refractivity (Wildman–Crippen MR) is 48.7 cm³/mol. The molecule has 0 aliphatic rings. The van der Waals surface area contributed by atoms with Crippen LogP contribution in [0.4, 0.5) is 0 Å². The van der Waals surface area contributed by atoms with E-state index in [0.717, 1.165) is 6.42 Å². The van der Waals surface area contributed by atoms with Crippen molar-refractivity contribution in [3.05, 3.63) is 35.4 Å². The number of hydrogen-bond donors (Lipinski definition) is 0. The highest BCUT2D eigenvalue weighted by Crippen LogP contribution is 2.10. The van der Waals surface area contributed by atoms with Gasteiger partial charge in [0.25, 0.3) is 0 Å². The van der Waals surface area contributed by atoms with E-state index in [0.29, 0.717) is 0 Å². The fraction of sp³-hybridized carbons (Fsp3) is 0.455. The zero-order valence-corrected chi connectivity index (χ0v) is 7.35. The van der Waals surface area contributed by atoms with Crippen LogP contribution in [0.25, 0.3) is 0 Å². The topological polar surface area (TPSA) is 0 Å². The summed E-state index contributed by atoms with van der Waals surface area (Å²) in [5, 5.41) is 0. The summed E-state index contributed by atoms with van der Waals surface area (Å²) >= 11 is 0. The number of rotatable bonds is 3. The SMILES string of the molecule is CCCc1ccc[c]c1CC. The van der Waals surface area contributed by atoms with E-state index in [9.17, 15) is 0 Å². The minimum atomic E-state index is 1.11. The number of benzene rings is 1. The summed E-state index contributed by atoms with van der Waals surface area (Å²) in [6.45, 7) is 4.40. The molecule has 0 saturated carbocycles. The van der Waals surface area contributed by atoms with Crippen LogP contribution in [-0.4, -0.2) is 0 Å². The Bertz CT molecular complexity index is 213. The maximum atomic E-state index is 3.27. The maximum absolute atomic E-state index is 3.27. The summed E-state index contributed by atoms with van der Waals surface area (Å²) in [5.74, 6) is 0. The van der Waals surface area contributed by atoms with Crippen molar-refractivity contribution in [2.24, 2.45) is 0 Å². The first kappa shape index (κ1) is 8.32. The van der Waals surface area contributed by atoms with Crippen molar-refractivity contribution >= 4 is 0 Å². The Morgan fingerprint density at radius 2 is 2.18 bits per heavy atom. The Morgan fingerprint density at radius 1 is 1.36 bits per heavy atom. The molecule has 1 aromatic rings. The van der Waals surface area contributed by atoms with E-state index in [2.05, 4.69) is 32.0 Å². The highest BCUT2D eigenvalue weighted by Gasteiger charge is 1.96. The van der Waals surface area contributed by atoms with Crippen LogP contribution in [0.15, 0.2) is 18.2 Å². The largest absolute Gasteiger partial charge is 0.0651 e. The summed E-state index contributed by atoms with van der Waals surface area (Å²) < 4.78 is 0. The molecule has 0 unspecified atom stereocenters. The van der Waals surface area contributed by atoms with E-state index < -0.39 is 0 Å². The van der Waals surface area contributed by atoms with E-state index in [1.54, 1.807) is 0 Å². The molecule has 1 radical (unpaired) electrons. The maximum Gasteiger partial charge on any atom is -0.0146 e. The smallest absolute Gasteiger partial charge is 0.0146 e. The van der Waals surface area contributed by atoms with Crippen molar-refractivity contribution in [2.45, 2.75) is 33.1 Å². The van der Waals surface area contributed by atoms with Crippen LogP contribution in [0.5, 0.6) is 0 Å². The quantitative estimate of drug-likeness (QED) is 0.616. The van der Waals surface area contributed by atoms with Crippen LogP contribution < -0.4 is 0 Å². The standard InChI is InChI=1S/C11H15/c1-3-7-11-9-6-5-8-10(11)4-2/h5-6,9H,3-4,7H2,1-2H3. The molecule has 0 N–H and O–H groups in total. The van der Waals surface area contributed by atoms with E-state index in [1.165, 1.54) is 24.0 Å². The Morgan fingerprint density at radius 3 is 2.82 bits per heavy atom. The van der Waals surface area contributed by atoms with Crippen molar-refractivity contribution in [1.82, 2.24) is 0 Å². The van der Waals surface area contributed by atoms with Crippen molar-refractivity contribution in [2.75, 3.05) is 0 Å². The van der Waals surface area contributed by atoms with Gasteiger partial charge in [-0.3, -0.25) is 0 Å². The highest BCUT2D eigenvalue weighted by atomic mass is 14.0. The first-order valence-electron chi connectivity index (χ1n) is 4.37. The van der Waals surface area contributed by atoms with Crippen LogP contribution in [0.1, 0.15) is 31.4 Å². The third kappa shape index (κ3) is 2.07. The molecule has 0 atom stereocenters. The van der Waals surface area contributed by atoms with E-state index >= 15 is 0 Å².